The molecule has 0 spiro atoms. The van der Waals surface area contributed by atoms with Crippen molar-refractivity contribution < 1.29 is 80.2 Å². The quantitative estimate of drug-likeness (QED) is 0.0222. The zero-order valence-electron chi connectivity index (χ0n) is 55.1. The zero-order chi connectivity index (χ0) is 63.1. The van der Waals surface area contributed by atoms with E-state index in [9.17, 15) is 43.2 Å². The summed E-state index contributed by atoms with van der Waals surface area (Å²) in [5, 5.41) is 10.5. The Morgan fingerprint density at radius 2 is 0.541 bits per heavy atom. The van der Waals surface area contributed by atoms with Crippen LogP contribution >= 0.6 is 15.6 Å². The number of ether oxygens (including phenoxy) is 4. The second-order valence-electron chi connectivity index (χ2n) is 25.3. The highest BCUT2D eigenvalue weighted by atomic mass is 31.2. The third kappa shape index (κ3) is 60.7. The molecule has 0 amide bonds. The molecule has 2 unspecified atom stereocenters. The third-order valence-electron chi connectivity index (χ3n) is 15.1. The molecule has 0 aromatic heterocycles. The number of unbranched alkanes of at least 4 members (excludes halogenated alkanes) is 32. The SMILES string of the molecule is CCCCCCCCCC(=O)OC[C@H](COP(=O)(O)OC[C@H](O)COP(=O)(O)OC[C@@H](COC(=O)CCCCCCCCCCCC(C)C)OC(=O)CCCCCCCCCCCCCCCC(C)C)OC(=O)CCCCCCCCCC(C)C. The van der Waals surface area contributed by atoms with Crippen molar-refractivity contribution in [1.29, 1.82) is 0 Å². The molecule has 0 saturated carbocycles. The van der Waals surface area contributed by atoms with Crippen LogP contribution in [0.15, 0.2) is 0 Å². The van der Waals surface area contributed by atoms with Crippen LogP contribution in [0.3, 0.4) is 0 Å². The van der Waals surface area contributed by atoms with Crippen LogP contribution in [0.4, 0.5) is 0 Å². The van der Waals surface area contributed by atoms with E-state index in [1.165, 1.54) is 122 Å². The van der Waals surface area contributed by atoms with E-state index in [4.69, 9.17) is 37.0 Å². The summed E-state index contributed by atoms with van der Waals surface area (Å²) in [4.78, 5) is 72.2. The lowest BCUT2D eigenvalue weighted by atomic mass is 10.0. The smallest absolute Gasteiger partial charge is 0.462 e. The van der Waals surface area contributed by atoms with Gasteiger partial charge in [0.1, 0.15) is 19.3 Å². The van der Waals surface area contributed by atoms with Gasteiger partial charge < -0.3 is 33.8 Å². The fourth-order valence-corrected chi connectivity index (χ4v) is 11.4. The van der Waals surface area contributed by atoms with E-state index in [1.807, 2.05) is 0 Å². The molecule has 0 saturated heterocycles. The van der Waals surface area contributed by atoms with Crippen LogP contribution in [0, 0.1) is 17.8 Å². The van der Waals surface area contributed by atoms with Crippen LogP contribution in [-0.2, 0) is 65.4 Å². The highest BCUT2D eigenvalue weighted by molar-refractivity contribution is 7.47. The third-order valence-corrected chi connectivity index (χ3v) is 17.0. The number of rotatable bonds is 64. The van der Waals surface area contributed by atoms with E-state index in [0.717, 1.165) is 115 Å². The molecule has 0 fully saturated rings. The minimum absolute atomic E-state index is 0.103. The Hall–Kier alpha value is -1.94. The number of aliphatic hydroxyl groups is 1. The van der Waals surface area contributed by atoms with Crippen molar-refractivity contribution in [1.82, 2.24) is 0 Å². The Bertz CT molecular complexity index is 1680. The molecule has 0 aliphatic rings. The molecule has 0 aliphatic heterocycles. The molecule has 85 heavy (non-hydrogen) atoms. The van der Waals surface area contributed by atoms with Crippen LogP contribution in [0.1, 0.15) is 325 Å². The molecular weight excluding hydrogens is 1130 g/mol. The molecule has 0 radical (unpaired) electrons. The first-order valence-corrected chi connectivity index (χ1v) is 37.3. The zero-order valence-corrected chi connectivity index (χ0v) is 56.9. The standard InChI is InChI=1S/C66H128O17P2/c1-8-9-10-11-23-33-40-47-63(68)76-53-61(83-66(71)50-43-36-29-22-26-32-39-46-59(6)7)55-80-84(72,73)78-51-60(67)52-79-85(74,75)81-56-62(54-77-64(69)48-41-34-27-21-17-19-25-31-38-45-58(4)5)82-65(70)49-42-35-28-20-16-14-12-13-15-18-24-30-37-44-57(2)3/h57-62,67H,8-56H2,1-7H3,(H,72,73)(H,74,75)/t60-,61+,62+/m0/s1. The fourth-order valence-electron chi connectivity index (χ4n) is 9.83. The van der Waals surface area contributed by atoms with E-state index in [0.29, 0.717) is 31.6 Å². The predicted molar refractivity (Wildman–Crippen MR) is 340 cm³/mol. The number of carbonyl (C=O) groups is 4. The van der Waals surface area contributed by atoms with Crippen LogP contribution in [-0.4, -0.2) is 96.7 Å². The fraction of sp³-hybridized carbons (Fsp3) is 0.939. The Morgan fingerprint density at radius 1 is 0.318 bits per heavy atom. The Balaban J connectivity index is 5.21. The Labute approximate surface area is 517 Å². The van der Waals surface area contributed by atoms with Gasteiger partial charge in [0.05, 0.1) is 26.4 Å². The maximum atomic E-state index is 13.0. The summed E-state index contributed by atoms with van der Waals surface area (Å²) in [6.45, 7) is 11.7. The van der Waals surface area contributed by atoms with Crippen molar-refractivity contribution in [2.45, 2.75) is 343 Å². The normalized spacial score (nSPS) is 14.3. The minimum atomic E-state index is -4.95. The number of esters is 4. The number of phosphoric ester groups is 2. The monoisotopic (exact) mass is 1250 g/mol. The Morgan fingerprint density at radius 3 is 0.800 bits per heavy atom. The molecular formula is C66H128O17P2. The molecule has 19 heteroatoms. The molecule has 0 rings (SSSR count). The molecule has 0 aromatic rings. The molecule has 5 atom stereocenters. The highest BCUT2D eigenvalue weighted by Crippen LogP contribution is 2.45. The van der Waals surface area contributed by atoms with Gasteiger partial charge in [-0.1, -0.05) is 273 Å². The number of aliphatic hydroxyl groups excluding tert-OH is 1. The summed E-state index contributed by atoms with van der Waals surface area (Å²) in [6, 6.07) is 0. The summed E-state index contributed by atoms with van der Waals surface area (Å²) in [5.41, 5.74) is 0. The topological polar surface area (TPSA) is 237 Å². The first-order valence-electron chi connectivity index (χ1n) is 34.3. The minimum Gasteiger partial charge on any atom is -0.462 e. The van der Waals surface area contributed by atoms with Gasteiger partial charge in [0.15, 0.2) is 12.2 Å². The van der Waals surface area contributed by atoms with E-state index in [1.54, 1.807) is 0 Å². The van der Waals surface area contributed by atoms with E-state index in [2.05, 4.69) is 48.5 Å². The van der Waals surface area contributed by atoms with Crippen LogP contribution in [0.5, 0.6) is 0 Å². The lowest BCUT2D eigenvalue weighted by Crippen LogP contribution is -2.30. The van der Waals surface area contributed by atoms with Gasteiger partial charge in [-0.25, -0.2) is 9.13 Å². The number of carbonyl (C=O) groups excluding carboxylic acids is 4. The molecule has 0 aliphatic carbocycles. The second kappa shape index (κ2) is 57.2. The Kier molecular flexibility index (Phi) is 55.9. The average molecular weight is 1260 g/mol. The second-order valence-corrected chi connectivity index (χ2v) is 28.2. The lowest BCUT2D eigenvalue weighted by molar-refractivity contribution is -0.161. The van der Waals surface area contributed by atoms with Crippen molar-refractivity contribution in [3.63, 3.8) is 0 Å². The van der Waals surface area contributed by atoms with E-state index in [-0.39, 0.29) is 25.7 Å². The maximum absolute atomic E-state index is 13.0. The van der Waals surface area contributed by atoms with Crippen molar-refractivity contribution in [2.24, 2.45) is 17.8 Å². The maximum Gasteiger partial charge on any atom is 0.472 e. The number of phosphoric acid groups is 2. The molecule has 0 bridgehead atoms. The number of hydrogen-bond acceptors (Lipinski definition) is 15. The first kappa shape index (κ1) is 83.1. The van der Waals surface area contributed by atoms with Gasteiger partial charge in [-0.05, 0) is 43.4 Å². The van der Waals surface area contributed by atoms with Crippen LogP contribution in [0.2, 0.25) is 0 Å². The molecule has 0 aromatic carbocycles. The van der Waals surface area contributed by atoms with Crippen molar-refractivity contribution in [3.05, 3.63) is 0 Å². The van der Waals surface area contributed by atoms with Gasteiger partial charge in [-0.3, -0.25) is 37.3 Å². The summed E-state index contributed by atoms with van der Waals surface area (Å²) in [5.74, 6) is 0.0879. The number of hydrogen-bond donors (Lipinski definition) is 3. The summed E-state index contributed by atoms with van der Waals surface area (Å²) >= 11 is 0. The molecule has 17 nitrogen and oxygen atoms in total. The summed E-state index contributed by atoms with van der Waals surface area (Å²) < 4.78 is 68.0. The lowest BCUT2D eigenvalue weighted by Gasteiger charge is -2.21. The van der Waals surface area contributed by atoms with Crippen molar-refractivity contribution in [3.8, 4) is 0 Å². The predicted octanol–water partition coefficient (Wildman–Crippen LogP) is 18.3. The summed E-state index contributed by atoms with van der Waals surface area (Å²) in [7, 11) is -9.89. The van der Waals surface area contributed by atoms with Gasteiger partial charge in [-0.2, -0.15) is 0 Å². The molecule has 3 N–H and O–H groups in total. The van der Waals surface area contributed by atoms with E-state index < -0.39 is 97.5 Å². The summed E-state index contributed by atoms with van der Waals surface area (Å²) in [6.07, 6.45) is 39.2. The van der Waals surface area contributed by atoms with Crippen LogP contribution < -0.4 is 0 Å². The average Bonchev–Trinajstić information content (AvgIpc) is 3.55. The van der Waals surface area contributed by atoms with Gasteiger partial charge in [0.2, 0.25) is 0 Å². The van der Waals surface area contributed by atoms with E-state index >= 15 is 0 Å². The first-order chi connectivity index (χ1) is 40.7. The van der Waals surface area contributed by atoms with Gasteiger partial charge >= 0.3 is 39.5 Å². The van der Waals surface area contributed by atoms with Gasteiger partial charge in [0, 0.05) is 25.7 Å². The highest BCUT2D eigenvalue weighted by Gasteiger charge is 2.30. The van der Waals surface area contributed by atoms with Crippen LogP contribution in [0.25, 0.3) is 0 Å². The largest absolute Gasteiger partial charge is 0.472 e. The van der Waals surface area contributed by atoms with Gasteiger partial charge in [0.25, 0.3) is 0 Å². The molecule has 0 heterocycles. The van der Waals surface area contributed by atoms with Gasteiger partial charge in [-0.15, -0.1) is 0 Å². The van der Waals surface area contributed by atoms with Crippen molar-refractivity contribution in [2.75, 3.05) is 39.6 Å². The molecule has 504 valence electrons. The van der Waals surface area contributed by atoms with Crippen molar-refractivity contribution >= 4 is 39.5 Å².